The summed E-state index contributed by atoms with van der Waals surface area (Å²) in [7, 11) is 0. The van der Waals surface area contributed by atoms with Gasteiger partial charge in [0.15, 0.2) is 0 Å². The summed E-state index contributed by atoms with van der Waals surface area (Å²) in [5.41, 5.74) is 3.49. The molecule has 2 saturated heterocycles. The van der Waals surface area contributed by atoms with Crippen LogP contribution in [-0.2, 0) is 27.5 Å². The van der Waals surface area contributed by atoms with Gasteiger partial charge >= 0.3 is 36.4 Å². The van der Waals surface area contributed by atoms with E-state index in [2.05, 4.69) is 32.1 Å². The highest BCUT2D eigenvalue weighted by atomic mass is 19.4. The van der Waals surface area contributed by atoms with Crippen molar-refractivity contribution in [2.24, 2.45) is 11.8 Å². The number of aryl methyl sites for hydroxylation is 2. The Kier molecular flexibility index (Phi) is 13.6. The first-order valence-electron chi connectivity index (χ1n) is 12.2. The van der Waals surface area contributed by atoms with E-state index in [0.29, 0.717) is 0 Å². The molecule has 4 rings (SSSR count). The third kappa shape index (κ3) is 13.1. The fourth-order valence-electron chi connectivity index (χ4n) is 4.12. The molecule has 44 heavy (non-hydrogen) atoms. The highest BCUT2D eigenvalue weighted by molar-refractivity contribution is 5.73. The van der Waals surface area contributed by atoms with Crippen molar-refractivity contribution < 1.29 is 73.7 Å². The molecular weight excluding hydrogens is 627 g/mol. The van der Waals surface area contributed by atoms with Crippen LogP contribution in [0.25, 0.3) is 0 Å². The van der Waals surface area contributed by atoms with Crippen molar-refractivity contribution >= 4 is 17.9 Å². The van der Waals surface area contributed by atoms with Crippen molar-refractivity contribution in [3.05, 3.63) is 47.1 Å². The first-order chi connectivity index (χ1) is 20.0. The van der Waals surface area contributed by atoms with Crippen LogP contribution < -0.4 is 0 Å². The minimum atomic E-state index is -5.08. The maximum absolute atomic E-state index is 10.6. The fraction of sp³-hybridized carbons (Fsp3) is 0.542. The number of hydrogen-bond acceptors (Lipinski definition) is 8. The standard InChI is InChI=1S/C18H24N4O.3C2HF3O2/c1-13-18(14(2)23-20-13)12-22-9-15-7-21(8-16(15)10-22)11-17-5-3-4-6-19-17;3*3-2(4,5)1(6)7/h3-6,15-16H,7-12H2,1-2H3;3*(H,6,7). The van der Waals surface area contributed by atoms with E-state index in [-0.39, 0.29) is 0 Å². The lowest BCUT2D eigenvalue weighted by Crippen LogP contribution is -2.28. The molecule has 2 aromatic heterocycles. The Hall–Kier alpha value is -3.94. The summed E-state index contributed by atoms with van der Waals surface area (Å²) in [5, 5.41) is 25.4. The Bertz CT molecular complexity index is 1140. The van der Waals surface area contributed by atoms with Gasteiger partial charge in [-0.25, -0.2) is 14.4 Å². The van der Waals surface area contributed by atoms with E-state index in [1.807, 2.05) is 26.1 Å². The Morgan fingerprint density at radius 1 is 0.773 bits per heavy atom. The topological polar surface area (TPSA) is 157 Å². The van der Waals surface area contributed by atoms with Crippen molar-refractivity contribution in [2.45, 2.75) is 45.5 Å². The molecule has 2 fully saturated rings. The molecule has 0 bridgehead atoms. The van der Waals surface area contributed by atoms with Gasteiger partial charge in [-0.15, -0.1) is 0 Å². The molecule has 0 aromatic carbocycles. The van der Waals surface area contributed by atoms with Gasteiger partial charge in [0, 0.05) is 51.0 Å². The molecular formula is C24H27F9N4O7. The van der Waals surface area contributed by atoms with Gasteiger partial charge in [0.25, 0.3) is 0 Å². The molecule has 2 aromatic rings. The van der Waals surface area contributed by atoms with Crippen LogP contribution in [0, 0.1) is 25.7 Å². The zero-order chi connectivity index (χ0) is 34.0. The molecule has 0 aliphatic carbocycles. The van der Waals surface area contributed by atoms with Gasteiger partial charge in [-0.1, -0.05) is 11.2 Å². The summed E-state index contributed by atoms with van der Waals surface area (Å²) in [4.78, 5) is 36.3. The van der Waals surface area contributed by atoms with Crippen LogP contribution in [0.15, 0.2) is 28.9 Å². The Balaban J connectivity index is 0.000000379. The van der Waals surface area contributed by atoms with Gasteiger partial charge in [0.05, 0.1) is 11.4 Å². The molecule has 0 saturated carbocycles. The van der Waals surface area contributed by atoms with Crippen LogP contribution in [0.5, 0.6) is 0 Å². The lowest BCUT2D eigenvalue weighted by Gasteiger charge is -2.21. The minimum absolute atomic E-state index is 0.791. The number of fused-ring (bicyclic) bond motifs is 1. The molecule has 11 nitrogen and oxygen atoms in total. The lowest BCUT2D eigenvalue weighted by molar-refractivity contribution is -0.193. The maximum Gasteiger partial charge on any atom is 0.490 e. The van der Waals surface area contributed by atoms with Gasteiger partial charge in [0.1, 0.15) is 5.76 Å². The molecule has 0 spiro atoms. The number of aromatic nitrogens is 2. The van der Waals surface area contributed by atoms with Crippen molar-refractivity contribution in [3.8, 4) is 0 Å². The third-order valence-corrected chi connectivity index (χ3v) is 6.04. The number of likely N-dealkylation sites (tertiary alicyclic amines) is 2. The van der Waals surface area contributed by atoms with E-state index in [1.165, 1.54) is 37.4 Å². The van der Waals surface area contributed by atoms with Crippen LogP contribution in [-0.4, -0.2) is 97.9 Å². The lowest BCUT2D eigenvalue weighted by atomic mass is 10.0. The summed E-state index contributed by atoms with van der Waals surface area (Å²) in [6, 6.07) is 6.18. The predicted octanol–water partition coefficient (Wildman–Crippen LogP) is 4.15. The minimum Gasteiger partial charge on any atom is -0.475 e. The van der Waals surface area contributed by atoms with E-state index in [9.17, 15) is 39.5 Å². The van der Waals surface area contributed by atoms with Crippen LogP contribution in [0.3, 0.4) is 0 Å². The maximum atomic E-state index is 10.6. The number of carbonyl (C=O) groups is 3. The van der Waals surface area contributed by atoms with Crippen LogP contribution >= 0.6 is 0 Å². The average molecular weight is 654 g/mol. The molecule has 0 radical (unpaired) electrons. The first-order valence-corrected chi connectivity index (χ1v) is 12.2. The van der Waals surface area contributed by atoms with Crippen LogP contribution in [0.4, 0.5) is 39.5 Å². The van der Waals surface area contributed by atoms with Crippen molar-refractivity contribution in [1.82, 2.24) is 19.9 Å². The van der Waals surface area contributed by atoms with E-state index >= 15 is 0 Å². The van der Waals surface area contributed by atoms with Crippen LogP contribution in [0.1, 0.15) is 22.7 Å². The summed E-state index contributed by atoms with van der Waals surface area (Å²) < 4.78 is 100. The normalized spacial score (nSPS) is 18.5. The molecule has 248 valence electrons. The largest absolute Gasteiger partial charge is 0.490 e. The highest BCUT2D eigenvalue weighted by Crippen LogP contribution is 2.33. The van der Waals surface area contributed by atoms with Gasteiger partial charge in [-0.2, -0.15) is 39.5 Å². The van der Waals surface area contributed by atoms with E-state index in [0.717, 1.165) is 36.4 Å². The Labute approximate surface area is 242 Å². The monoisotopic (exact) mass is 654 g/mol. The van der Waals surface area contributed by atoms with Gasteiger partial charge in [-0.3, -0.25) is 14.8 Å². The number of alkyl halides is 9. The molecule has 2 unspecified atom stereocenters. The van der Waals surface area contributed by atoms with E-state index < -0.39 is 36.4 Å². The number of hydrogen-bond donors (Lipinski definition) is 3. The van der Waals surface area contributed by atoms with E-state index in [4.69, 9.17) is 34.2 Å². The number of pyridine rings is 1. The second-order valence-electron chi connectivity index (χ2n) is 9.44. The Morgan fingerprint density at radius 3 is 1.45 bits per heavy atom. The number of aliphatic carboxylic acids is 3. The highest BCUT2D eigenvalue weighted by Gasteiger charge is 2.41. The molecule has 2 aliphatic heterocycles. The molecule has 0 amide bonds. The Morgan fingerprint density at radius 2 is 1.16 bits per heavy atom. The second-order valence-corrected chi connectivity index (χ2v) is 9.44. The first kappa shape index (κ1) is 38.1. The predicted molar refractivity (Wildman–Crippen MR) is 129 cm³/mol. The molecule has 4 heterocycles. The number of carboxylic acid groups (broad SMARTS) is 3. The summed E-state index contributed by atoms with van der Waals surface area (Å²) in [6.07, 6.45) is -13.4. The number of halogens is 9. The van der Waals surface area contributed by atoms with Gasteiger partial charge in [0.2, 0.25) is 0 Å². The zero-order valence-electron chi connectivity index (χ0n) is 22.9. The summed E-state index contributed by atoms with van der Waals surface area (Å²) in [6.45, 7) is 10.8. The molecule has 20 heteroatoms. The van der Waals surface area contributed by atoms with Crippen molar-refractivity contribution in [2.75, 3.05) is 26.2 Å². The second kappa shape index (κ2) is 15.7. The SMILES string of the molecule is Cc1noc(C)c1CN1CC2CN(Cc3ccccn3)CC2C1.O=C(O)C(F)(F)F.O=C(O)C(F)(F)F.O=C(O)C(F)(F)F. The number of nitrogens with zero attached hydrogens (tertiary/aromatic N) is 4. The molecule has 2 atom stereocenters. The smallest absolute Gasteiger partial charge is 0.475 e. The summed E-state index contributed by atoms with van der Waals surface area (Å²) >= 11 is 0. The van der Waals surface area contributed by atoms with Crippen molar-refractivity contribution in [1.29, 1.82) is 0 Å². The molecule has 3 N–H and O–H groups in total. The van der Waals surface area contributed by atoms with E-state index in [1.54, 1.807) is 0 Å². The van der Waals surface area contributed by atoms with Gasteiger partial charge in [-0.05, 0) is 37.8 Å². The van der Waals surface area contributed by atoms with Gasteiger partial charge < -0.3 is 19.8 Å². The number of carboxylic acids is 3. The van der Waals surface area contributed by atoms with Crippen molar-refractivity contribution in [3.63, 3.8) is 0 Å². The summed E-state index contributed by atoms with van der Waals surface area (Å²) in [5.74, 6) is -5.72. The van der Waals surface area contributed by atoms with Crippen LogP contribution in [0.2, 0.25) is 0 Å². The number of rotatable bonds is 4. The quantitative estimate of drug-likeness (QED) is 0.407. The zero-order valence-corrected chi connectivity index (χ0v) is 22.9. The third-order valence-electron chi connectivity index (χ3n) is 6.04. The average Bonchev–Trinajstić information content (AvgIpc) is 3.53. The molecule has 2 aliphatic rings. The fourth-order valence-corrected chi connectivity index (χ4v) is 4.12.